The number of H-pyrrole nitrogens is 1. The van der Waals surface area contributed by atoms with Gasteiger partial charge >= 0.3 is 0 Å². The number of nitrogens with one attached hydrogen (secondary N) is 1. The highest BCUT2D eigenvalue weighted by Gasteiger charge is 2.27. The summed E-state index contributed by atoms with van der Waals surface area (Å²) >= 11 is 0. The molecule has 5 N–H and O–H groups in total. The minimum atomic E-state index is -1.55. The monoisotopic (exact) mass is 266 g/mol. The van der Waals surface area contributed by atoms with Gasteiger partial charge < -0.3 is 25.4 Å². The summed E-state index contributed by atoms with van der Waals surface area (Å²) in [6.45, 7) is 0.625. The van der Waals surface area contributed by atoms with E-state index < -0.39 is 24.9 Å². The first-order chi connectivity index (χ1) is 7.47. The number of carbonyl (C=O) groups excluding carboxylic acids is 1. The number of Topliss-reactive ketones (excluding diaryl/α,β-unsaturated/α-hetero) is 1. The van der Waals surface area contributed by atoms with Crippen molar-refractivity contribution < 1.29 is 25.2 Å². The molecule has 3 atom stereocenters. The molecule has 0 bridgehead atoms. The third-order valence-electron chi connectivity index (χ3n) is 2.15. The Bertz CT molecular complexity index is 370. The molecule has 7 nitrogen and oxygen atoms in total. The van der Waals surface area contributed by atoms with E-state index in [-0.39, 0.29) is 29.7 Å². The lowest BCUT2D eigenvalue weighted by molar-refractivity contribution is -0.0788. The lowest BCUT2D eigenvalue weighted by atomic mass is 10.1. The summed E-state index contributed by atoms with van der Waals surface area (Å²) in [6.07, 6.45) is -3.26. The normalized spacial score (nSPS) is 15.8. The number of carbonyl (C=O) groups is 1. The van der Waals surface area contributed by atoms with Crippen molar-refractivity contribution in [2.45, 2.75) is 25.2 Å². The first-order valence-electron chi connectivity index (χ1n) is 4.68. The average molecular weight is 267 g/mol. The molecule has 0 aromatic carbocycles. The van der Waals surface area contributed by atoms with Gasteiger partial charge in [0.25, 0.3) is 0 Å². The van der Waals surface area contributed by atoms with E-state index >= 15 is 0 Å². The molecule has 1 rings (SSSR count). The number of aliphatic hydroxyl groups excluding tert-OH is 4. The van der Waals surface area contributed by atoms with Gasteiger partial charge in [-0.1, -0.05) is 0 Å². The highest BCUT2D eigenvalue weighted by Crippen LogP contribution is 2.17. The fourth-order valence-corrected chi connectivity index (χ4v) is 1.17. The van der Waals surface area contributed by atoms with E-state index in [4.69, 9.17) is 10.2 Å². The van der Waals surface area contributed by atoms with Gasteiger partial charge in [-0.15, -0.1) is 12.4 Å². The van der Waals surface area contributed by atoms with Crippen LogP contribution < -0.4 is 0 Å². The number of aromatic nitrogens is 2. The molecule has 0 saturated heterocycles. The number of imidazole rings is 1. The van der Waals surface area contributed by atoms with Crippen LogP contribution in [0.3, 0.4) is 0 Å². The summed E-state index contributed by atoms with van der Waals surface area (Å²) in [7, 11) is 0. The Balaban J connectivity index is 0.00000256. The molecule has 8 heteroatoms. The fraction of sp³-hybridized carbons (Fsp3) is 0.556. The Kier molecular flexibility index (Phi) is 6.29. The minimum absolute atomic E-state index is 0. The molecule has 0 unspecified atom stereocenters. The van der Waals surface area contributed by atoms with Crippen molar-refractivity contribution in [3.05, 3.63) is 17.7 Å². The number of nitrogens with zero attached hydrogens (tertiary/aromatic N) is 1. The summed E-state index contributed by atoms with van der Waals surface area (Å²) in [4.78, 5) is 17.1. The zero-order chi connectivity index (χ0) is 12.3. The number of rotatable bonds is 5. The van der Waals surface area contributed by atoms with E-state index in [1.54, 1.807) is 0 Å². The van der Waals surface area contributed by atoms with E-state index in [2.05, 4.69) is 9.97 Å². The number of ketones is 1. The number of hydrogen-bond donors (Lipinski definition) is 5. The highest BCUT2D eigenvalue weighted by atomic mass is 35.5. The smallest absolute Gasteiger partial charge is 0.194 e. The maximum absolute atomic E-state index is 10.9. The number of aliphatic hydroxyl groups is 4. The average Bonchev–Trinajstić information content (AvgIpc) is 2.75. The van der Waals surface area contributed by atoms with E-state index in [9.17, 15) is 15.0 Å². The first kappa shape index (κ1) is 16.0. The molecule has 0 saturated carbocycles. The van der Waals surface area contributed by atoms with Crippen LogP contribution in [0.25, 0.3) is 0 Å². The van der Waals surface area contributed by atoms with Crippen LogP contribution in [0.15, 0.2) is 6.20 Å². The van der Waals surface area contributed by atoms with Crippen LogP contribution in [0, 0.1) is 0 Å². The third-order valence-corrected chi connectivity index (χ3v) is 2.15. The second-order valence-electron chi connectivity index (χ2n) is 3.43. The van der Waals surface area contributed by atoms with Crippen LogP contribution in [0.1, 0.15) is 29.3 Å². The number of halogens is 1. The van der Waals surface area contributed by atoms with E-state index in [0.717, 1.165) is 0 Å². The largest absolute Gasteiger partial charge is 0.394 e. The SMILES string of the molecule is CC(=O)c1ncc([C@@H](O)[C@H](O)[C@H](O)CO)[nH]1.Cl. The van der Waals surface area contributed by atoms with Crippen LogP contribution in [-0.4, -0.2) is 55.0 Å². The summed E-state index contributed by atoms with van der Waals surface area (Å²) in [5.74, 6) is -0.254. The predicted octanol–water partition coefficient (Wildman–Crippen LogP) is -1.22. The minimum Gasteiger partial charge on any atom is -0.394 e. The lowest BCUT2D eigenvalue weighted by Crippen LogP contribution is -2.34. The van der Waals surface area contributed by atoms with Crippen LogP contribution >= 0.6 is 12.4 Å². The second kappa shape index (κ2) is 6.67. The molecule has 0 radical (unpaired) electrons. The Labute approximate surface area is 104 Å². The van der Waals surface area contributed by atoms with Gasteiger partial charge in [-0.05, 0) is 0 Å². The van der Waals surface area contributed by atoms with E-state index in [1.807, 2.05) is 0 Å². The molecule has 98 valence electrons. The highest BCUT2D eigenvalue weighted by molar-refractivity contribution is 5.90. The van der Waals surface area contributed by atoms with Crippen molar-refractivity contribution in [1.82, 2.24) is 9.97 Å². The van der Waals surface area contributed by atoms with Crippen LogP contribution in [0.2, 0.25) is 0 Å². The van der Waals surface area contributed by atoms with Gasteiger partial charge in [-0.3, -0.25) is 4.79 Å². The molecule has 0 aliphatic heterocycles. The number of aromatic amines is 1. The van der Waals surface area contributed by atoms with Crippen molar-refractivity contribution in [2.24, 2.45) is 0 Å². The third kappa shape index (κ3) is 3.76. The zero-order valence-electron chi connectivity index (χ0n) is 9.07. The molecule has 1 aromatic heterocycles. The van der Waals surface area contributed by atoms with Gasteiger partial charge in [0.2, 0.25) is 0 Å². The van der Waals surface area contributed by atoms with Crippen molar-refractivity contribution in [3.8, 4) is 0 Å². The zero-order valence-corrected chi connectivity index (χ0v) is 9.89. The quantitative estimate of drug-likeness (QED) is 0.425. The van der Waals surface area contributed by atoms with Crippen molar-refractivity contribution in [3.63, 3.8) is 0 Å². The van der Waals surface area contributed by atoms with Gasteiger partial charge in [-0.25, -0.2) is 4.98 Å². The topological polar surface area (TPSA) is 127 Å². The second-order valence-corrected chi connectivity index (χ2v) is 3.43. The fourth-order valence-electron chi connectivity index (χ4n) is 1.17. The van der Waals surface area contributed by atoms with Crippen LogP contribution in [-0.2, 0) is 0 Å². The van der Waals surface area contributed by atoms with Crippen molar-refractivity contribution in [1.29, 1.82) is 0 Å². The molecule has 0 spiro atoms. The van der Waals surface area contributed by atoms with Gasteiger partial charge in [0.15, 0.2) is 11.6 Å². The summed E-state index contributed by atoms with van der Waals surface area (Å²) < 4.78 is 0. The predicted molar refractivity (Wildman–Crippen MR) is 59.9 cm³/mol. The van der Waals surface area contributed by atoms with Crippen molar-refractivity contribution in [2.75, 3.05) is 6.61 Å². The maximum atomic E-state index is 10.9. The molecule has 1 aromatic rings. The van der Waals surface area contributed by atoms with E-state index in [1.165, 1.54) is 13.1 Å². The Morgan fingerprint density at radius 3 is 2.47 bits per heavy atom. The van der Waals surface area contributed by atoms with Crippen molar-refractivity contribution >= 4 is 18.2 Å². The summed E-state index contributed by atoms with van der Waals surface area (Å²) in [5, 5.41) is 36.7. The van der Waals surface area contributed by atoms with Gasteiger partial charge in [-0.2, -0.15) is 0 Å². The summed E-state index contributed by atoms with van der Waals surface area (Å²) in [6, 6.07) is 0. The summed E-state index contributed by atoms with van der Waals surface area (Å²) in [5.41, 5.74) is 0.102. The van der Waals surface area contributed by atoms with Crippen LogP contribution in [0.5, 0.6) is 0 Å². The molecule has 0 fully saturated rings. The molecular formula is C9H15ClN2O5. The Morgan fingerprint density at radius 2 is 2.06 bits per heavy atom. The van der Waals surface area contributed by atoms with Gasteiger partial charge in [0, 0.05) is 6.92 Å². The lowest BCUT2D eigenvalue weighted by Gasteiger charge is -2.20. The first-order valence-corrected chi connectivity index (χ1v) is 4.68. The van der Waals surface area contributed by atoms with Gasteiger partial charge in [0.05, 0.1) is 18.5 Å². The Morgan fingerprint density at radius 1 is 1.47 bits per heavy atom. The molecule has 0 amide bonds. The standard InChI is InChI=1S/C9H14N2O5.ClH/c1-4(13)9-10-2-5(11-9)7(15)8(16)6(14)3-12;/h2,6-8,12,14-16H,3H2,1H3,(H,10,11);1H/t6-,7-,8-;/m1./s1. The molecular weight excluding hydrogens is 252 g/mol. The molecule has 0 aliphatic rings. The number of hydrogen-bond acceptors (Lipinski definition) is 6. The maximum Gasteiger partial charge on any atom is 0.194 e. The molecule has 0 aliphatic carbocycles. The van der Waals surface area contributed by atoms with E-state index in [0.29, 0.717) is 0 Å². The van der Waals surface area contributed by atoms with Crippen LogP contribution in [0.4, 0.5) is 0 Å². The van der Waals surface area contributed by atoms with Gasteiger partial charge in [0.1, 0.15) is 18.3 Å². The Hall–Kier alpha value is -0.990. The molecule has 17 heavy (non-hydrogen) atoms. The molecule has 1 heterocycles.